The topological polar surface area (TPSA) is 92.3 Å². The van der Waals surface area contributed by atoms with Gasteiger partial charge in [-0.05, 0) is 62.8 Å². The Hall–Kier alpha value is -2.46. The number of aryl methyl sites for hydroxylation is 1. The normalized spacial score (nSPS) is 33.2. The molecule has 28 heavy (non-hydrogen) atoms. The van der Waals surface area contributed by atoms with Crippen LogP contribution < -0.4 is 5.32 Å². The van der Waals surface area contributed by atoms with Gasteiger partial charge in [0.25, 0.3) is 5.91 Å². The first-order chi connectivity index (χ1) is 13.5. The number of fused-ring (bicyclic) bond motifs is 1. The number of rotatable bonds is 4. The van der Waals surface area contributed by atoms with E-state index in [1.165, 1.54) is 0 Å². The van der Waals surface area contributed by atoms with Crippen LogP contribution in [0.15, 0.2) is 12.3 Å². The van der Waals surface area contributed by atoms with Gasteiger partial charge in [0.05, 0.1) is 30.0 Å². The van der Waals surface area contributed by atoms with Crippen LogP contribution in [0.1, 0.15) is 53.8 Å². The lowest BCUT2D eigenvalue weighted by Crippen LogP contribution is -2.58. The lowest BCUT2D eigenvalue weighted by Gasteiger charge is -2.57. The Morgan fingerprint density at radius 2 is 2.14 bits per heavy atom. The number of hydrogen-bond donors (Lipinski definition) is 1. The number of carbonyl (C=O) groups excluding carboxylic acids is 1. The van der Waals surface area contributed by atoms with E-state index in [4.69, 9.17) is 4.74 Å². The van der Waals surface area contributed by atoms with E-state index in [2.05, 4.69) is 21.5 Å². The second kappa shape index (κ2) is 6.28. The summed E-state index contributed by atoms with van der Waals surface area (Å²) in [6.45, 7) is 2.32. The number of hydrogen-bond acceptors (Lipinski definition) is 5. The predicted octanol–water partition coefficient (Wildman–Crippen LogP) is 2.63. The molecule has 1 amide bonds. The zero-order valence-corrected chi connectivity index (χ0v) is 16.3. The van der Waals surface area contributed by atoms with Crippen molar-refractivity contribution in [2.45, 2.75) is 51.7 Å². The number of amides is 1. The molecule has 4 aliphatic carbocycles. The monoisotopic (exact) mass is 379 g/mol. The Morgan fingerprint density at radius 1 is 1.39 bits per heavy atom. The molecule has 0 aromatic carbocycles. The molecule has 6 rings (SSSR count). The summed E-state index contributed by atoms with van der Waals surface area (Å²) in [5.41, 5.74) is 2.64. The summed E-state index contributed by atoms with van der Waals surface area (Å²) in [5, 5.41) is 17.4. The van der Waals surface area contributed by atoms with E-state index in [9.17, 15) is 10.1 Å². The van der Waals surface area contributed by atoms with Crippen molar-refractivity contribution in [1.29, 1.82) is 5.26 Å². The van der Waals surface area contributed by atoms with Crippen molar-refractivity contribution in [1.82, 2.24) is 19.9 Å². The molecule has 4 aliphatic rings. The molecular weight excluding hydrogens is 354 g/mol. The smallest absolute Gasteiger partial charge is 0.257 e. The van der Waals surface area contributed by atoms with Crippen molar-refractivity contribution in [2.75, 3.05) is 7.11 Å². The van der Waals surface area contributed by atoms with Gasteiger partial charge < -0.3 is 10.1 Å². The zero-order chi connectivity index (χ0) is 19.5. The van der Waals surface area contributed by atoms with Crippen molar-refractivity contribution in [3.8, 4) is 6.07 Å². The number of methoxy groups -OCH3 is 1. The van der Waals surface area contributed by atoms with Crippen LogP contribution in [0.3, 0.4) is 0 Å². The number of nitrogens with one attached hydrogen (secondary N) is 1. The van der Waals surface area contributed by atoms with E-state index in [1.807, 2.05) is 13.0 Å². The lowest BCUT2D eigenvalue weighted by atomic mass is 9.48. The van der Waals surface area contributed by atoms with Gasteiger partial charge in [0.15, 0.2) is 5.65 Å². The van der Waals surface area contributed by atoms with Crippen molar-refractivity contribution >= 4 is 11.6 Å². The molecule has 2 atom stereocenters. The number of ether oxygens (including phenoxy) is 1. The number of aromatic nitrogens is 3. The first-order valence-electron chi connectivity index (χ1n) is 10.1. The largest absolute Gasteiger partial charge is 0.378 e. The van der Waals surface area contributed by atoms with Crippen molar-refractivity contribution in [3.63, 3.8) is 0 Å². The first kappa shape index (κ1) is 17.6. The van der Waals surface area contributed by atoms with Crippen LogP contribution in [-0.2, 0) is 11.3 Å². The van der Waals surface area contributed by atoms with Crippen LogP contribution in [-0.4, -0.2) is 33.7 Å². The molecule has 0 radical (unpaired) electrons. The SMILES string of the molecule is COCc1cc(C)nc2c(C(=O)NC3C4CC5CC3CC(C#N)(C5)C4)cnn12. The maximum atomic E-state index is 13.1. The van der Waals surface area contributed by atoms with Gasteiger partial charge in [-0.1, -0.05) is 0 Å². The molecule has 0 aliphatic heterocycles. The molecule has 146 valence electrons. The molecule has 0 spiro atoms. The molecular formula is C21H25N5O2. The fraction of sp³-hybridized carbons (Fsp3) is 0.619. The van der Waals surface area contributed by atoms with E-state index < -0.39 is 0 Å². The highest BCUT2D eigenvalue weighted by molar-refractivity contribution is 5.99. The molecule has 1 N–H and O–H groups in total. The predicted molar refractivity (Wildman–Crippen MR) is 101 cm³/mol. The maximum absolute atomic E-state index is 13.1. The Balaban J connectivity index is 1.42. The van der Waals surface area contributed by atoms with Gasteiger partial charge in [-0.25, -0.2) is 9.50 Å². The van der Waals surface area contributed by atoms with Crippen LogP contribution in [0.4, 0.5) is 0 Å². The minimum absolute atomic E-state index is 0.111. The average Bonchev–Trinajstić information content (AvgIpc) is 3.08. The Morgan fingerprint density at radius 3 is 2.82 bits per heavy atom. The minimum Gasteiger partial charge on any atom is -0.378 e. The fourth-order valence-electron chi connectivity index (χ4n) is 6.20. The number of nitriles is 1. The van der Waals surface area contributed by atoms with Gasteiger partial charge >= 0.3 is 0 Å². The average molecular weight is 379 g/mol. The third-order valence-corrected chi connectivity index (χ3v) is 7.02. The molecule has 2 unspecified atom stereocenters. The fourth-order valence-corrected chi connectivity index (χ4v) is 6.20. The summed E-state index contributed by atoms with van der Waals surface area (Å²) in [7, 11) is 1.64. The molecule has 2 aromatic rings. The third kappa shape index (κ3) is 2.62. The third-order valence-electron chi connectivity index (χ3n) is 7.02. The summed E-state index contributed by atoms with van der Waals surface area (Å²) in [6.07, 6.45) is 6.76. The van der Waals surface area contributed by atoms with Gasteiger partial charge in [0.2, 0.25) is 0 Å². The van der Waals surface area contributed by atoms with Crippen LogP contribution >= 0.6 is 0 Å². The summed E-state index contributed by atoms with van der Waals surface area (Å²) in [6, 6.07) is 4.69. The lowest BCUT2D eigenvalue weighted by molar-refractivity contribution is -0.0451. The second-order valence-electron chi connectivity index (χ2n) is 8.98. The molecule has 4 bridgehead atoms. The van der Waals surface area contributed by atoms with E-state index in [1.54, 1.807) is 17.8 Å². The molecule has 0 saturated heterocycles. The van der Waals surface area contributed by atoms with E-state index in [0.29, 0.717) is 35.6 Å². The van der Waals surface area contributed by atoms with Crippen molar-refractivity contribution in [2.24, 2.45) is 23.2 Å². The first-order valence-corrected chi connectivity index (χ1v) is 10.1. The van der Waals surface area contributed by atoms with E-state index in [-0.39, 0.29) is 17.4 Å². The highest BCUT2D eigenvalue weighted by atomic mass is 16.5. The van der Waals surface area contributed by atoms with Crippen LogP contribution in [0, 0.1) is 41.4 Å². The van der Waals surface area contributed by atoms with Gasteiger partial charge in [0.1, 0.15) is 5.56 Å². The number of carbonyl (C=O) groups is 1. The maximum Gasteiger partial charge on any atom is 0.257 e. The minimum atomic E-state index is -0.143. The zero-order valence-electron chi connectivity index (χ0n) is 16.3. The quantitative estimate of drug-likeness (QED) is 0.882. The van der Waals surface area contributed by atoms with Crippen LogP contribution in [0.5, 0.6) is 0 Å². The summed E-state index contributed by atoms with van der Waals surface area (Å²) >= 11 is 0. The molecule has 2 heterocycles. The van der Waals surface area contributed by atoms with Gasteiger partial charge in [-0.15, -0.1) is 0 Å². The van der Waals surface area contributed by atoms with Gasteiger partial charge in [0, 0.05) is 18.8 Å². The van der Waals surface area contributed by atoms with Gasteiger partial charge in [-0.3, -0.25) is 4.79 Å². The highest BCUT2D eigenvalue weighted by Crippen LogP contribution is 2.59. The standard InChI is InChI=1S/C21H25N5O2/c1-12-3-16(10-28-2)26-19(24-12)17(9-23-26)20(27)25-18-14-4-13-5-15(18)8-21(6-13,7-14)11-22/h3,9,13-15,18H,4-8,10H2,1-2H3,(H,25,27). The van der Waals surface area contributed by atoms with E-state index >= 15 is 0 Å². The van der Waals surface area contributed by atoms with Gasteiger partial charge in [-0.2, -0.15) is 10.4 Å². The van der Waals surface area contributed by atoms with Crippen molar-refractivity contribution in [3.05, 3.63) is 29.2 Å². The Kier molecular flexibility index (Phi) is 3.95. The van der Waals surface area contributed by atoms with E-state index in [0.717, 1.165) is 43.5 Å². The highest BCUT2D eigenvalue weighted by Gasteiger charge is 2.56. The molecule has 4 fully saturated rings. The van der Waals surface area contributed by atoms with Crippen molar-refractivity contribution < 1.29 is 9.53 Å². The Bertz CT molecular complexity index is 975. The van der Waals surface area contributed by atoms with Crippen LogP contribution in [0.25, 0.3) is 5.65 Å². The molecule has 4 saturated carbocycles. The summed E-state index contributed by atoms with van der Waals surface area (Å²) in [5.74, 6) is 1.37. The Labute approximate surface area is 164 Å². The summed E-state index contributed by atoms with van der Waals surface area (Å²) < 4.78 is 6.94. The second-order valence-corrected chi connectivity index (χ2v) is 8.98. The van der Waals surface area contributed by atoms with Crippen LogP contribution in [0.2, 0.25) is 0 Å². The summed E-state index contributed by atoms with van der Waals surface area (Å²) in [4.78, 5) is 17.7. The molecule has 7 nitrogen and oxygen atoms in total. The molecule has 7 heteroatoms. The molecule has 2 aromatic heterocycles. The number of nitrogens with zero attached hydrogens (tertiary/aromatic N) is 4.